The fourth-order valence-corrected chi connectivity index (χ4v) is 3.23. The molecule has 0 saturated heterocycles. The smallest absolute Gasteiger partial charge is 0.122 e. The highest BCUT2D eigenvalue weighted by atomic mass is 16.5. The maximum atomic E-state index is 5.92. The summed E-state index contributed by atoms with van der Waals surface area (Å²) >= 11 is 0. The first kappa shape index (κ1) is 16.3. The Kier molecular flexibility index (Phi) is 6.52. The van der Waals surface area contributed by atoms with Crippen molar-refractivity contribution in [3.05, 3.63) is 29.8 Å². The summed E-state index contributed by atoms with van der Waals surface area (Å²) in [6, 6.07) is 9.07. The molecule has 118 valence electrons. The normalized spacial score (nSPS) is 21.9. The van der Waals surface area contributed by atoms with Crippen molar-refractivity contribution >= 4 is 0 Å². The number of benzene rings is 1. The van der Waals surface area contributed by atoms with Crippen LogP contribution in [0.15, 0.2) is 24.3 Å². The summed E-state index contributed by atoms with van der Waals surface area (Å²) in [7, 11) is 1.71. The van der Waals surface area contributed by atoms with Gasteiger partial charge in [0.25, 0.3) is 0 Å². The first-order valence-corrected chi connectivity index (χ1v) is 8.16. The number of hydrogen-bond donors (Lipinski definition) is 1. The maximum absolute atomic E-state index is 5.92. The molecule has 1 aromatic carbocycles. The molecule has 1 aromatic rings. The van der Waals surface area contributed by atoms with Crippen LogP contribution in [0.1, 0.15) is 44.6 Å². The molecule has 2 unspecified atom stereocenters. The van der Waals surface area contributed by atoms with E-state index < -0.39 is 0 Å². The number of nitrogens with one attached hydrogen (secondary N) is 1. The molecule has 3 nitrogen and oxygen atoms in total. The molecule has 0 spiro atoms. The summed E-state index contributed by atoms with van der Waals surface area (Å²) in [5.74, 6) is 2.38. The molecule has 2 rings (SSSR count). The summed E-state index contributed by atoms with van der Waals surface area (Å²) < 4.78 is 11.0. The van der Waals surface area contributed by atoms with Crippen LogP contribution in [0.25, 0.3) is 0 Å². The molecule has 21 heavy (non-hydrogen) atoms. The third-order valence-corrected chi connectivity index (χ3v) is 4.31. The average Bonchev–Trinajstić information content (AvgIpc) is 2.94. The molecule has 0 bridgehead atoms. The number of rotatable bonds is 8. The van der Waals surface area contributed by atoms with Gasteiger partial charge in [0.15, 0.2) is 0 Å². The van der Waals surface area contributed by atoms with Crippen molar-refractivity contribution < 1.29 is 9.47 Å². The summed E-state index contributed by atoms with van der Waals surface area (Å²) in [6.45, 7) is 6.79. The van der Waals surface area contributed by atoms with Crippen molar-refractivity contribution in [2.24, 2.45) is 5.92 Å². The van der Waals surface area contributed by atoms with E-state index in [0.717, 1.165) is 18.2 Å². The Bertz CT molecular complexity index is 419. The highest BCUT2D eigenvalue weighted by molar-refractivity contribution is 5.37. The predicted octanol–water partition coefficient (Wildman–Crippen LogP) is 3.59. The van der Waals surface area contributed by atoms with Crippen LogP contribution in [0.5, 0.6) is 5.75 Å². The maximum Gasteiger partial charge on any atom is 0.122 e. The Labute approximate surface area is 129 Å². The Balaban J connectivity index is 2.04. The Morgan fingerprint density at radius 1 is 1.19 bits per heavy atom. The minimum atomic E-state index is 0.555. The van der Waals surface area contributed by atoms with Crippen LogP contribution in [-0.2, 0) is 4.74 Å². The van der Waals surface area contributed by atoms with E-state index in [-0.39, 0.29) is 0 Å². The summed E-state index contributed by atoms with van der Waals surface area (Å²) in [5.41, 5.74) is 1.38. The van der Waals surface area contributed by atoms with Gasteiger partial charge in [0, 0.05) is 13.2 Å². The van der Waals surface area contributed by atoms with Gasteiger partial charge in [0.05, 0.1) is 6.61 Å². The van der Waals surface area contributed by atoms with Crippen molar-refractivity contribution in [3.63, 3.8) is 0 Å². The zero-order chi connectivity index (χ0) is 15.1. The SMILES string of the molecule is COCCOc1ccccc1C1CCCC1CNC(C)C. The van der Waals surface area contributed by atoms with Crippen molar-refractivity contribution in [2.75, 3.05) is 26.9 Å². The third kappa shape index (κ3) is 4.72. The summed E-state index contributed by atoms with van der Waals surface area (Å²) in [5, 5.41) is 3.60. The fourth-order valence-electron chi connectivity index (χ4n) is 3.23. The van der Waals surface area contributed by atoms with Crippen LogP contribution in [0, 0.1) is 5.92 Å². The minimum absolute atomic E-state index is 0.555. The van der Waals surface area contributed by atoms with E-state index in [1.807, 2.05) is 0 Å². The van der Waals surface area contributed by atoms with Gasteiger partial charge in [-0.15, -0.1) is 0 Å². The van der Waals surface area contributed by atoms with Gasteiger partial charge >= 0.3 is 0 Å². The molecule has 1 aliphatic carbocycles. The van der Waals surface area contributed by atoms with E-state index in [9.17, 15) is 0 Å². The predicted molar refractivity (Wildman–Crippen MR) is 87.0 cm³/mol. The van der Waals surface area contributed by atoms with Crippen molar-refractivity contribution in [1.29, 1.82) is 0 Å². The second-order valence-corrected chi connectivity index (χ2v) is 6.24. The van der Waals surface area contributed by atoms with E-state index in [2.05, 4.69) is 43.4 Å². The molecule has 0 aliphatic heterocycles. The van der Waals surface area contributed by atoms with Gasteiger partial charge in [-0.25, -0.2) is 0 Å². The van der Waals surface area contributed by atoms with Crippen molar-refractivity contribution in [3.8, 4) is 5.75 Å². The summed E-state index contributed by atoms with van der Waals surface area (Å²) in [6.07, 6.45) is 3.91. The lowest BCUT2D eigenvalue weighted by Crippen LogP contribution is -2.30. The second-order valence-electron chi connectivity index (χ2n) is 6.24. The van der Waals surface area contributed by atoms with Gasteiger partial charge in [-0.2, -0.15) is 0 Å². The lowest BCUT2D eigenvalue weighted by atomic mass is 9.88. The highest BCUT2D eigenvalue weighted by Gasteiger charge is 2.30. The van der Waals surface area contributed by atoms with Gasteiger partial charge in [0.1, 0.15) is 12.4 Å². The molecule has 0 aromatic heterocycles. The Hall–Kier alpha value is -1.06. The second kappa shape index (κ2) is 8.40. The van der Waals surface area contributed by atoms with Crippen LogP contribution < -0.4 is 10.1 Å². The molecule has 1 fully saturated rings. The van der Waals surface area contributed by atoms with Gasteiger partial charge in [-0.1, -0.05) is 38.5 Å². The zero-order valence-corrected chi connectivity index (χ0v) is 13.6. The molecule has 0 amide bonds. The standard InChI is InChI=1S/C18H29NO2/c1-14(2)19-13-15-7-6-9-16(15)17-8-4-5-10-18(17)21-12-11-20-3/h4-5,8,10,14-16,19H,6-7,9,11-13H2,1-3H3. The number of para-hydroxylation sites is 1. The first-order chi connectivity index (χ1) is 10.2. The van der Waals surface area contributed by atoms with E-state index in [1.165, 1.54) is 24.8 Å². The molecule has 0 radical (unpaired) electrons. The van der Waals surface area contributed by atoms with E-state index in [0.29, 0.717) is 25.2 Å². The van der Waals surface area contributed by atoms with Crippen LogP contribution in [0.3, 0.4) is 0 Å². The minimum Gasteiger partial charge on any atom is -0.491 e. The molecule has 1 N–H and O–H groups in total. The monoisotopic (exact) mass is 291 g/mol. The Morgan fingerprint density at radius 2 is 2.00 bits per heavy atom. The van der Waals surface area contributed by atoms with E-state index in [4.69, 9.17) is 9.47 Å². The molecule has 1 saturated carbocycles. The third-order valence-electron chi connectivity index (χ3n) is 4.31. The largest absolute Gasteiger partial charge is 0.491 e. The molecule has 2 atom stereocenters. The van der Waals surface area contributed by atoms with Crippen LogP contribution in [0.4, 0.5) is 0 Å². The van der Waals surface area contributed by atoms with Gasteiger partial charge in [-0.3, -0.25) is 0 Å². The number of ether oxygens (including phenoxy) is 2. The highest BCUT2D eigenvalue weighted by Crippen LogP contribution is 2.42. The van der Waals surface area contributed by atoms with E-state index >= 15 is 0 Å². The van der Waals surface area contributed by atoms with Gasteiger partial charge in [0.2, 0.25) is 0 Å². The number of methoxy groups -OCH3 is 1. The molecule has 1 aliphatic rings. The quantitative estimate of drug-likeness (QED) is 0.742. The zero-order valence-electron chi connectivity index (χ0n) is 13.6. The molecule has 3 heteroatoms. The molecule has 0 heterocycles. The Morgan fingerprint density at radius 3 is 2.76 bits per heavy atom. The van der Waals surface area contributed by atoms with Crippen molar-refractivity contribution in [2.45, 2.75) is 45.1 Å². The van der Waals surface area contributed by atoms with Crippen LogP contribution >= 0.6 is 0 Å². The van der Waals surface area contributed by atoms with Crippen LogP contribution in [-0.4, -0.2) is 32.9 Å². The molecular formula is C18H29NO2. The van der Waals surface area contributed by atoms with Gasteiger partial charge in [-0.05, 0) is 42.9 Å². The topological polar surface area (TPSA) is 30.5 Å². The summed E-state index contributed by atoms with van der Waals surface area (Å²) in [4.78, 5) is 0. The lowest BCUT2D eigenvalue weighted by molar-refractivity contribution is 0.145. The fraction of sp³-hybridized carbons (Fsp3) is 0.667. The first-order valence-electron chi connectivity index (χ1n) is 8.16. The van der Waals surface area contributed by atoms with Gasteiger partial charge < -0.3 is 14.8 Å². The average molecular weight is 291 g/mol. The molecular weight excluding hydrogens is 262 g/mol. The van der Waals surface area contributed by atoms with Crippen LogP contribution in [0.2, 0.25) is 0 Å². The van der Waals surface area contributed by atoms with Crippen molar-refractivity contribution in [1.82, 2.24) is 5.32 Å². The van der Waals surface area contributed by atoms with E-state index in [1.54, 1.807) is 7.11 Å². The lowest BCUT2D eigenvalue weighted by Gasteiger charge is -2.24. The number of hydrogen-bond acceptors (Lipinski definition) is 3.